The fourth-order valence-electron chi connectivity index (χ4n) is 1.62. The van der Waals surface area contributed by atoms with Gasteiger partial charge in [0.2, 0.25) is 0 Å². The first-order chi connectivity index (χ1) is 8.82. The van der Waals surface area contributed by atoms with E-state index >= 15 is 0 Å². The van der Waals surface area contributed by atoms with Gasteiger partial charge in [0, 0.05) is 17.3 Å². The van der Waals surface area contributed by atoms with Gasteiger partial charge >= 0.3 is 6.18 Å². The van der Waals surface area contributed by atoms with E-state index in [4.69, 9.17) is 23.2 Å². The van der Waals surface area contributed by atoms with Crippen molar-refractivity contribution in [3.05, 3.63) is 46.2 Å². The topological polar surface area (TPSA) is 33.1 Å². The highest BCUT2D eigenvalue weighted by molar-refractivity contribution is 6.39. The van der Waals surface area contributed by atoms with E-state index in [1.807, 2.05) is 0 Å². The van der Waals surface area contributed by atoms with Gasteiger partial charge in [-0.1, -0.05) is 29.3 Å². The zero-order chi connectivity index (χ0) is 14.2. The smallest absolute Gasteiger partial charge is 0.437 e. The van der Waals surface area contributed by atoms with Gasteiger partial charge < -0.3 is 5.11 Å². The summed E-state index contributed by atoms with van der Waals surface area (Å²) in [6.07, 6.45) is -3.81. The molecule has 1 aromatic carbocycles. The molecule has 1 aromatic heterocycles. The molecule has 1 N–H and O–H groups in total. The molecule has 0 atom stereocenters. The maximum absolute atomic E-state index is 12.7. The summed E-state index contributed by atoms with van der Waals surface area (Å²) < 4.78 is 38.0. The molecule has 0 saturated heterocycles. The van der Waals surface area contributed by atoms with Crippen LogP contribution in [0.4, 0.5) is 13.2 Å². The van der Waals surface area contributed by atoms with Crippen LogP contribution in [0, 0.1) is 0 Å². The van der Waals surface area contributed by atoms with Gasteiger partial charge in [0.1, 0.15) is 0 Å². The number of aromatic hydroxyl groups is 1. The van der Waals surface area contributed by atoms with Crippen molar-refractivity contribution < 1.29 is 18.3 Å². The van der Waals surface area contributed by atoms with Crippen molar-refractivity contribution in [1.82, 2.24) is 4.98 Å². The number of alkyl halides is 3. The minimum absolute atomic E-state index is 0.113. The summed E-state index contributed by atoms with van der Waals surface area (Å²) in [4.78, 5) is 3.13. The van der Waals surface area contributed by atoms with Crippen LogP contribution in [0.3, 0.4) is 0 Å². The fraction of sp³-hybridized carbons (Fsp3) is 0.0833. The van der Waals surface area contributed by atoms with E-state index in [0.717, 1.165) is 6.20 Å². The number of benzene rings is 1. The van der Waals surface area contributed by atoms with Crippen LogP contribution in [0.5, 0.6) is 5.75 Å². The van der Waals surface area contributed by atoms with Gasteiger partial charge in [-0.05, 0) is 18.2 Å². The second-order valence-electron chi connectivity index (χ2n) is 3.65. The van der Waals surface area contributed by atoms with Crippen LogP contribution < -0.4 is 0 Å². The number of hydrogen-bond acceptors (Lipinski definition) is 2. The Morgan fingerprint density at radius 2 is 1.63 bits per heavy atom. The van der Waals surface area contributed by atoms with Crippen LogP contribution in [0.15, 0.2) is 30.5 Å². The van der Waals surface area contributed by atoms with E-state index in [1.54, 1.807) is 6.07 Å². The van der Waals surface area contributed by atoms with Gasteiger partial charge in [-0.2, -0.15) is 13.2 Å². The van der Waals surface area contributed by atoms with Crippen molar-refractivity contribution in [2.24, 2.45) is 0 Å². The average Bonchev–Trinajstić information content (AvgIpc) is 2.29. The Labute approximate surface area is 116 Å². The monoisotopic (exact) mass is 307 g/mol. The van der Waals surface area contributed by atoms with E-state index in [-0.39, 0.29) is 21.2 Å². The first kappa shape index (κ1) is 14.0. The number of rotatable bonds is 1. The molecule has 0 fully saturated rings. The minimum Gasteiger partial charge on any atom is -0.505 e. The Morgan fingerprint density at radius 1 is 1.05 bits per heavy atom. The maximum atomic E-state index is 12.7. The molecular formula is C12H6Cl2F3NO. The maximum Gasteiger partial charge on any atom is 0.437 e. The van der Waals surface area contributed by atoms with Gasteiger partial charge in [0.05, 0.1) is 10.0 Å². The first-order valence-electron chi connectivity index (χ1n) is 5.02. The second-order valence-corrected chi connectivity index (χ2v) is 4.46. The zero-order valence-electron chi connectivity index (χ0n) is 9.17. The van der Waals surface area contributed by atoms with Crippen LogP contribution in [0.1, 0.15) is 5.69 Å². The highest BCUT2D eigenvalue weighted by atomic mass is 35.5. The Kier molecular flexibility index (Phi) is 3.60. The number of aromatic nitrogens is 1. The van der Waals surface area contributed by atoms with Gasteiger partial charge in [-0.25, -0.2) is 4.98 Å². The van der Waals surface area contributed by atoms with Gasteiger partial charge in [-0.15, -0.1) is 0 Å². The van der Waals surface area contributed by atoms with Crippen LogP contribution >= 0.6 is 23.2 Å². The van der Waals surface area contributed by atoms with Crippen LogP contribution in [-0.4, -0.2) is 10.1 Å². The molecule has 100 valence electrons. The molecule has 0 aliphatic carbocycles. The molecule has 0 radical (unpaired) electrons. The van der Waals surface area contributed by atoms with Crippen LogP contribution in [0.25, 0.3) is 11.1 Å². The summed E-state index contributed by atoms with van der Waals surface area (Å²) in [5.74, 6) is -0.995. The summed E-state index contributed by atoms with van der Waals surface area (Å²) in [6.45, 7) is 0. The Hall–Kier alpha value is -1.46. The number of halogens is 5. The highest BCUT2D eigenvalue weighted by Gasteiger charge is 2.37. The van der Waals surface area contributed by atoms with Gasteiger partial charge in [0.15, 0.2) is 11.4 Å². The molecule has 0 aliphatic rings. The lowest BCUT2D eigenvalue weighted by atomic mass is 10.0. The Balaban J connectivity index is 2.71. The number of pyridine rings is 1. The molecule has 2 rings (SSSR count). The van der Waals surface area contributed by atoms with E-state index in [9.17, 15) is 18.3 Å². The molecule has 0 spiro atoms. The third kappa shape index (κ3) is 2.62. The van der Waals surface area contributed by atoms with Crippen LogP contribution in [-0.2, 0) is 6.18 Å². The molecule has 1 heterocycles. The van der Waals surface area contributed by atoms with E-state index in [2.05, 4.69) is 4.98 Å². The largest absolute Gasteiger partial charge is 0.505 e. The van der Waals surface area contributed by atoms with Crippen LogP contribution in [0.2, 0.25) is 10.0 Å². The molecule has 0 unspecified atom stereocenters. The lowest BCUT2D eigenvalue weighted by Crippen LogP contribution is -2.08. The van der Waals surface area contributed by atoms with E-state index < -0.39 is 17.6 Å². The highest BCUT2D eigenvalue weighted by Crippen LogP contribution is 2.43. The van der Waals surface area contributed by atoms with Gasteiger partial charge in [-0.3, -0.25) is 0 Å². The van der Waals surface area contributed by atoms with E-state index in [0.29, 0.717) is 0 Å². The van der Waals surface area contributed by atoms with Crippen molar-refractivity contribution in [2.75, 3.05) is 0 Å². The molecule has 2 nitrogen and oxygen atoms in total. The third-order valence-corrected chi connectivity index (χ3v) is 3.05. The van der Waals surface area contributed by atoms with Gasteiger partial charge in [0.25, 0.3) is 0 Å². The lowest BCUT2D eigenvalue weighted by molar-refractivity contribution is -0.142. The second kappa shape index (κ2) is 4.90. The predicted octanol–water partition coefficient (Wildman–Crippen LogP) is 4.78. The standard InChI is InChI=1S/C12H6Cl2F3NO/c13-7-2-1-3-8(14)9(7)6-4-5-18-11(10(6)19)12(15,16)17/h1-5,19H. The van der Waals surface area contributed by atoms with Crippen molar-refractivity contribution in [1.29, 1.82) is 0 Å². The predicted molar refractivity (Wildman–Crippen MR) is 66.4 cm³/mol. The molecule has 2 aromatic rings. The van der Waals surface area contributed by atoms with Crippen molar-refractivity contribution in [3.8, 4) is 16.9 Å². The lowest BCUT2D eigenvalue weighted by Gasteiger charge is -2.13. The number of nitrogens with zero attached hydrogens (tertiary/aromatic N) is 1. The summed E-state index contributed by atoms with van der Waals surface area (Å²) in [5, 5.41) is 10.0. The molecular weight excluding hydrogens is 302 g/mol. The molecule has 0 saturated carbocycles. The first-order valence-corrected chi connectivity index (χ1v) is 5.77. The SMILES string of the molecule is Oc1c(-c2c(Cl)cccc2Cl)ccnc1C(F)(F)F. The molecule has 0 aliphatic heterocycles. The zero-order valence-corrected chi connectivity index (χ0v) is 10.7. The van der Waals surface area contributed by atoms with Crippen molar-refractivity contribution in [2.45, 2.75) is 6.18 Å². The molecule has 19 heavy (non-hydrogen) atoms. The average molecular weight is 308 g/mol. The third-order valence-electron chi connectivity index (χ3n) is 2.42. The van der Waals surface area contributed by atoms with E-state index in [1.165, 1.54) is 18.2 Å². The minimum atomic E-state index is -4.76. The Bertz CT molecular complexity index is 609. The molecule has 0 bridgehead atoms. The van der Waals surface area contributed by atoms with Crippen molar-refractivity contribution in [3.63, 3.8) is 0 Å². The molecule has 7 heteroatoms. The summed E-state index contributed by atoms with van der Waals surface area (Å²) in [6, 6.07) is 5.71. The summed E-state index contributed by atoms with van der Waals surface area (Å²) in [7, 11) is 0. The Morgan fingerprint density at radius 3 is 2.16 bits per heavy atom. The quantitative estimate of drug-likeness (QED) is 0.822. The summed E-state index contributed by atoms with van der Waals surface area (Å²) in [5.41, 5.74) is -1.35. The van der Waals surface area contributed by atoms with Crippen molar-refractivity contribution >= 4 is 23.2 Å². The summed E-state index contributed by atoms with van der Waals surface area (Å²) >= 11 is 11.8. The molecule has 0 amide bonds. The fourth-order valence-corrected chi connectivity index (χ4v) is 2.22. The normalized spacial score (nSPS) is 11.6. The number of hydrogen-bond donors (Lipinski definition) is 1.